The summed E-state index contributed by atoms with van der Waals surface area (Å²) in [6, 6.07) is 0. The van der Waals surface area contributed by atoms with E-state index in [-0.39, 0.29) is 67.8 Å². The van der Waals surface area contributed by atoms with Gasteiger partial charge in [0.05, 0.1) is 119 Å². The van der Waals surface area contributed by atoms with Crippen molar-refractivity contribution in [2.75, 3.05) is 132 Å². The van der Waals surface area contributed by atoms with Gasteiger partial charge in [-0.15, -0.1) is 0 Å². The SMILES string of the molecule is CC(CCCCNC(=O)CCOCCOCCOCCOCCOCCOCCOCCOCCOCCC(=O)NCCCCCC(=O)CCC(N)=O)C(=O)CCC(N)=O. The fraction of sp³-hybridized carbons (Fsp3) is 0.854. The molecule has 1 atom stereocenters. The van der Waals surface area contributed by atoms with Crippen LogP contribution in [0.1, 0.15) is 90.4 Å². The maximum atomic E-state index is 11.9. The molecule has 1 unspecified atom stereocenters. The van der Waals surface area contributed by atoms with Crippen LogP contribution in [0.3, 0.4) is 0 Å². The van der Waals surface area contributed by atoms with Crippen molar-refractivity contribution in [3.05, 3.63) is 0 Å². The predicted octanol–water partition coefficient (Wildman–Crippen LogP) is 1.18. The quantitative estimate of drug-likeness (QED) is 0.0627. The van der Waals surface area contributed by atoms with Crippen LogP contribution in [-0.2, 0) is 71.4 Å². The van der Waals surface area contributed by atoms with E-state index < -0.39 is 11.8 Å². The summed E-state index contributed by atoms with van der Waals surface area (Å²) in [6.07, 6.45) is 6.20. The van der Waals surface area contributed by atoms with Crippen LogP contribution >= 0.6 is 0 Å². The van der Waals surface area contributed by atoms with Crippen LogP contribution in [0.25, 0.3) is 0 Å². The molecule has 19 heteroatoms. The molecule has 0 aliphatic carbocycles. The Morgan fingerprint density at radius 3 is 1.08 bits per heavy atom. The van der Waals surface area contributed by atoms with Crippen LogP contribution in [0.2, 0.25) is 0 Å². The molecular formula is C41H76N4O15. The van der Waals surface area contributed by atoms with Gasteiger partial charge in [0.25, 0.3) is 0 Å². The number of carbonyl (C=O) groups is 6. The second kappa shape index (κ2) is 43.9. The minimum absolute atomic E-state index is 0.0405. The fourth-order valence-corrected chi connectivity index (χ4v) is 5.06. The number of carbonyl (C=O) groups excluding carboxylic acids is 6. The van der Waals surface area contributed by atoms with Gasteiger partial charge in [-0.05, 0) is 25.7 Å². The first kappa shape index (κ1) is 56.9. The number of rotatable bonds is 48. The standard InChI is InChI=1S/C41H76N4O15/c1-35(37(47)10-12-39(43)49)7-4-6-16-45-41(51)14-18-53-20-22-55-24-26-57-28-30-59-32-34-60-33-31-58-29-27-56-25-23-54-21-19-52-17-13-40(50)44-15-5-2-3-8-36(46)9-11-38(42)48/h35H,2-34H2,1H3,(H2,42,48)(H2,43,49)(H,44,50)(H,45,51). The molecule has 0 spiro atoms. The summed E-state index contributed by atoms with van der Waals surface area (Å²) in [5.74, 6) is -1.12. The Kier molecular flexibility index (Phi) is 41.6. The van der Waals surface area contributed by atoms with E-state index in [9.17, 15) is 28.8 Å². The number of nitrogens with one attached hydrogen (secondary N) is 2. The maximum Gasteiger partial charge on any atom is 0.222 e. The maximum absolute atomic E-state index is 11.9. The van der Waals surface area contributed by atoms with Crippen LogP contribution in [0.15, 0.2) is 0 Å². The van der Waals surface area contributed by atoms with Gasteiger partial charge in [0.2, 0.25) is 23.6 Å². The zero-order valence-electron chi connectivity index (χ0n) is 36.2. The molecule has 0 aromatic heterocycles. The highest BCUT2D eigenvalue weighted by Gasteiger charge is 2.13. The number of Topliss-reactive ketones (excluding diaryl/α,β-unsaturated/α-hetero) is 2. The topological polar surface area (TPSA) is 262 Å². The van der Waals surface area contributed by atoms with Crippen LogP contribution in [0.5, 0.6) is 0 Å². The van der Waals surface area contributed by atoms with E-state index >= 15 is 0 Å². The molecular weight excluding hydrogens is 788 g/mol. The van der Waals surface area contributed by atoms with E-state index in [0.717, 1.165) is 38.5 Å². The third-order valence-corrected chi connectivity index (χ3v) is 8.58. The van der Waals surface area contributed by atoms with Crippen molar-refractivity contribution in [1.82, 2.24) is 10.6 Å². The van der Waals surface area contributed by atoms with Crippen molar-refractivity contribution in [1.29, 1.82) is 0 Å². The molecule has 0 saturated carbocycles. The molecule has 0 rings (SSSR count). The van der Waals surface area contributed by atoms with Gasteiger partial charge in [0.15, 0.2) is 0 Å². The van der Waals surface area contributed by atoms with Gasteiger partial charge < -0.3 is 64.7 Å². The van der Waals surface area contributed by atoms with E-state index in [1.165, 1.54) is 0 Å². The minimum Gasteiger partial charge on any atom is -0.379 e. The number of primary amides is 2. The number of hydrogen-bond donors (Lipinski definition) is 4. The second-order valence-corrected chi connectivity index (χ2v) is 13.9. The normalized spacial score (nSPS) is 11.7. The van der Waals surface area contributed by atoms with Crippen molar-refractivity contribution < 1.29 is 71.4 Å². The smallest absolute Gasteiger partial charge is 0.222 e. The number of hydrogen-bond acceptors (Lipinski definition) is 15. The highest BCUT2D eigenvalue weighted by atomic mass is 16.6. The Morgan fingerprint density at radius 2 is 0.717 bits per heavy atom. The first-order valence-corrected chi connectivity index (χ1v) is 21.5. The molecule has 0 aliphatic rings. The largest absolute Gasteiger partial charge is 0.379 e. The van der Waals surface area contributed by atoms with Gasteiger partial charge in [0, 0.05) is 64.0 Å². The van der Waals surface area contributed by atoms with Gasteiger partial charge >= 0.3 is 0 Å². The molecule has 19 nitrogen and oxygen atoms in total. The van der Waals surface area contributed by atoms with E-state index in [1.54, 1.807) is 0 Å². The summed E-state index contributed by atoms with van der Waals surface area (Å²) in [6.45, 7) is 10.5. The number of unbranched alkanes of at least 4 members (excludes halogenated alkanes) is 3. The lowest BCUT2D eigenvalue weighted by Crippen LogP contribution is -2.26. The average Bonchev–Trinajstić information content (AvgIpc) is 3.22. The van der Waals surface area contributed by atoms with Crippen molar-refractivity contribution in [3.8, 4) is 0 Å². The lowest BCUT2D eigenvalue weighted by atomic mass is 9.96. The van der Waals surface area contributed by atoms with Crippen molar-refractivity contribution in [2.45, 2.75) is 90.4 Å². The molecule has 4 amide bonds. The molecule has 0 heterocycles. The number of ketones is 2. The Hall–Kier alpha value is -3.14. The van der Waals surface area contributed by atoms with Gasteiger partial charge in [-0.3, -0.25) is 28.8 Å². The Morgan fingerprint density at radius 1 is 0.383 bits per heavy atom. The van der Waals surface area contributed by atoms with Crippen molar-refractivity contribution in [2.24, 2.45) is 17.4 Å². The predicted molar refractivity (Wildman–Crippen MR) is 221 cm³/mol. The molecule has 0 aromatic rings. The first-order valence-electron chi connectivity index (χ1n) is 21.5. The molecule has 0 radical (unpaired) electrons. The van der Waals surface area contributed by atoms with E-state index in [1.807, 2.05) is 6.92 Å². The van der Waals surface area contributed by atoms with Gasteiger partial charge in [-0.1, -0.05) is 19.8 Å². The molecule has 0 bridgehead atoms. The lowest BCUT2D eigenvalue weighted by molar-refractivity contribution is -0.126. The zero-order valence-corrected chi connectivity index (χ0v) is 36.2. The van der Waals surface area contributed by atoms with Crippen LogP contribution in [0, 0.1) is 5.92 Å². The summed E-state index contributed by atoms with van der Waals surface area (Å²) in [5, 5.41) is 5.68. The third-order valence-electron chi connectivity index (χ3n) is 8.58. The van der Waals surface area contributed by atoms with Gasteiger partial charge in [-0.2, -0.15) is 0 Å². The minimum atomic E-state index is -0.466. The molecule has 6 N–H and O–H groups in total. The molecule has 0 aromatic carbocycles. The highest BCUT2D eigenvalue weighted by Crippen LogP contribution is 2.12. The second-order valence-electron chi connectivity index (χ2n) is 13.9. The third kappa shape index (κ3) is 44.4. The average molecular weight is 865 g/mol. The number of nitrogens with two attached hydrogens (primary N) is 2. The Balaban J connectivity index is 3.25. The van der Waals surface area contributed by atoms with E-state index in [0.29, 0.717) is 138 Å². The van der Waals surface area contributed by atoms with Crippen molar-refractivity contribution in [3.63, 3.8) is 0 Å². The summed E-state index contributed by atoms with van der Waals surface area (Å²) >= 11 is 0. The Labute approximate surface area is 356 Å². The molecule has 60 heavy (non-hydrogen) atoms. The number of amides is 4. The monoisotopic (exact) mass is 865 g/mol. The lowest BCUT2D eigenvalue weighted by Gasteiger charge is -2.10. The first-order chi connectivity index (χ1) is 29.1. The van der Waals surface area contributed by atoms with E-state index in [4.69, 9.17) is 54.1 Å². The van der Waals surface area contributed by atoms with Crippen LogP contribution in [-0.4, -0.2) is 167 Å². The zero-order chi connectivity index (χ0) is 44.2. The van der Waals surface area contributed by atoms with Crippen molar-refractivity contribution >= 4 is 35.2 Å². The summed E-state index contributed by atoms with van der Waals surface area (Å²) in [7, 11) is 0. The summed E-state index contributed by atoms with van der Waals surface area (Å²) in [5.41, 5.74) is 10.1. The highest BCUT2D eigenvalue weighted by molar-refractivity contribution is 5.85. The van der Waals surface area contributed by atoms with E-state index in [2.05, 4.69) is 10.6 Å². The molecule has 350 valence electrons. The molecule has 0 aliphatic heterocycles. The van der Waals surface area contributed by atoms with Crippen LogP contribution < -0.4 is 22.1 Å². The van der Waals surface area contributed by atoms with Gasteiger partial charge in [-0.25, -0.2) is 0 Å². The molecule has 0 fully saturated rings. The molecule has 0 saturated heterocycles. The summed E-state index contributed by atoms with van der Waals surface area (Å²) < 4.78 is 49.2. The van der Waals surface area contributed by atoms with Crippen LogP contribution in [0.4, 0.5) is 0 Å². The van der Waals surface area contributed by atoms with Gasteiger partial charge in [0.1, 0.15) is 11.6 Å². The summed E-state index contributed by atoms with van der Waals surface area (Å²) in [4.78, 5) is 68.8. The fourth-order valence-electron chi connectivity index (χ4n) is 5.06. The number of ether oxygens (including phenoxy) is 9. The Bertz CT molecular complexity index is 1100.